The summed E-state index contributed by atoms with van der Waals surface area (Å²) >= 11 is 1.04. The molecule has 180 valence electrons. The quantitative estimate of drug-likeness (QED) is 0.469. The van der Waals surface area contributed by atoms with Crippen LogP contribution in [0.2, 0.25) is 0 Å². The fraction of sp³-hybridized carbons (Fsp3) is 0.375. The molecule has 1 fully saturated rings. The molecule has 0 radical (unpaired) electrons. The molecule has 10 heteroatoms. The predicted octanol–water partition coefficient (Wildman–Crippen LogP) is 4.44. The van der Waals surface area contributed by atoms with Gasteiger partial charge in [0.1, 0.15) is 17.2 Å². The average Bonchev–Trinajstić information content (AvgIpc) is 3.41. The highest BCUT2D eigenvalue weighted by Gasteiger charge is 2.38. The van der Waals surface area contributed by atoms with Crippen molar-refractivity contribution in [2.45, 2.75) is 20.3 Å². The van der Waals surface area contributed by atoms with E-state index in [2.05, 4.69) is 9.88 Å². The van der Waals surface area contributed by atoms with Gasteiger partial charge in [-0.3, -0.25) is 14.5 Å². The third-order valence-electron chi connectivity index (χ3n) is 6.05. The Hall–Kier alpha value is -2.98. The number of carbonyl (C=O) groups is 2. The highest BCUT2D eigenvalue weighted by atomic mass is 32.1. The third kappa shape index (κ3) is 4.92. The Morgan fingerprint density at radius 3 is 2.47 bits per heavy atom. The Morgan fingerprint density at radius 2 is 1.79 bits per heavy atom. The van der Waals surface area contributed by atoms with Gasteiger partial charge in [-0.1, -0.05) is 25.2 Å². The zero-order valence-corrected chi connectivity index (χ0v) is 19.7. The van der Waals surface area contributed by atoms with Crippen LogP contribution in [-0.4, -0.2) is 54.4 Å². The van der Waals surface area contributed by atoms with E-state index in [1.165, 1.54) is 40.1 Å². The Morgan fingerprint density at radius 1 is 1.09 bits per heavy atom. The summed E-state index contributed by atoms with van der Waals surface area (Å²) in [5.74, 6) is -3.08. The maximum Gasteiger partial charge on any atom is 0.234 e. The molecule has 1 aliphatic heterocycles. The summed E-state index contributed by atoms with van der Waals surface area (Å²) in [5, 5.41) is 0.268. The fourth-order valence-corrected chi connectivity index (χ4v) is 5.14. The number of likely N-dealkylation sites (N-methyl/N-ethyl adjacent to an activating group) is 1. The maximum absolute atomic E-state index is 14.3. The second-order valence-corrected chi connectivity index (χ2v) is 9.14. The van der Waals surface area contributed by atoms with Crippen LogP contribution in [0.25, 0.3) is 10.2 Å². The number of hydrogen-bond acceptors (Lipinski definition) is 5. The van der Waals surface area contributed by atoms with E-state index in [1.54, 1.807) is 0 Å². The second kappa shape index (κ2) is 10.1. The molecule has 1 atom stereocenters. The van der Waals surface area contributed by atoms with Gasteiger partial charge in [0, 0.05) is 37.8 Å². The van der Waals surface area contributed by atoms with E-state index in [0.717, 1.165) is 30.5 Å². The molecule has 4 rings (SSSR count). The van der Waals surface area contributed by atoms with Gasteiger partial charge >= 0.3 is 0 Å². The summed E-state index contributed by atoms with van der Waals surface area (Å²) in [6, 6.07) is 7.50. The van der Waals surface area contributed by atoms with Crippen LogP contribution in [0, 0.1) is 23.4 Å². The van der Waals surface area contributed by atoms with Crippen molar-refractivity contribution in [3.8, 4) is 0 Å². The van der Waals surface area contributed by atoms with Crippen molar-refractivity contribution in [1.29, 1.82) is 0 Å². The van der Waals surface area contributed by atoms with Crippen molar-refractivity contribution in [1.82, 2.24) is 9.88 Å². The number of rotatable bonds is 8. The van der Waals surface area contributed by atoms with Crippen molar-refractivity contribution in [3.05, 3.63) is 53.8 Å². The predicted molar refractivity (Wildman–Crippen MR) is 127 cm³/mol. The van der Waals surface area contributed by atoms with Crippen LogP contribution in [-0.2, 0) is 9.59 Å². The number of fused-ring (bicyclic) bond motifs is 1. The minimum Gasteiger partial charge on any atom is -0.312 e. The monoisotopic (exact) mass is 490 g/mol. The number of carbonyl (C=O) groups excluding carboxylic acids is 2. The van der Waals surface area contributed by atoms with Crippen LogP contribution < -0.4 is 9.80 Å². The van der Waals surface area contributed by atoms with Gasteiger partial charge in [-0.15, -0.1) is 0 Å². The first-order valence-corrected chi connectivity index (χ1v) is 12.0. The van der Waals surface area contributed by atoms with Crippen LogP contribution in [0.15, 0.2) is 36.4 Å². The molecule has 34 heavy (non-hydrogen) atoms. The number of hydrogen-bond donors (Lipinski definition) is 0. The minimum absolute atomic E-state index is 0.00582. The molecule has 0 N–H and O–H groups in total. The van der Waals surface area contributed by atoms with E-state index in [1.807, 2.05) is 13.8 Å². The van der Waals surface area contributed by atoms with E-state index in [4.69, 9.17) is 0 Å². The lowest BCUT2D eigenvalue weighted by Crippen LogP contribution is -2.42. The highest BCUT2D eigenvalue weighted by Crippen LogP contribution is 2.33. The molecule has 1 aromatic heterocycles. The van der Waals surface area contributed by atoms with E-state index < -0.39 is 23.4 Å². The molecule has 0 spiro atoms. The number of thiazole rings is 1. The Kier molecular flexibility index (Phi) is 7.18. The highest BCUT2D eigenvalue weighted by molar-refractivity contribution is 7.22. The van der Waals surface area contributed by atoms with Crippen molar-refractivity contribution in [2.24, 2.45) is 5.92 Å². The molecule has 0 saturated carbocycles. The van der Waals surface area contributed by atoms with Crippen LogP contribution >= 0.6 is 11.3 Å². The van der Waals surface area contributed by atoms with Crippen molar-refractivity contribution in [2.75, 3.05) is 42.5 Å². The molecule has 1 saturated heterocycles. The van der Waals surface area contributed by atoms with E-state index in [-0.39, 0.29) is 35.4 Å². The lowest BCUT2D eigenvalue weighted by atomic mass is 10.1. The Balaban J connectivity index is 1.62. The van der Waals surface area contributed by atoms with E-state index in [9.17, 15) is 22.8 Å². The van der Waals surface area contributed by atoms with Crippen molar-refractivity contribution in [3.63, 3.8) is 0 Å². The summed E-state index contributed by atoms with van der Waals surface area (Å²) in [7, 11) is 0. The molecule has 1 aliphatic rings. The molecule has 6 nitrogen and oxygen atoms in total. The summed E-state index contributed by atoms with van der Waals surface area (Å²) in [5.41, 5.74) is 0.534. The summed E-state index contributed by atoms with van der Waals surface area (Å²) < 4.78 is 41.6. The fourth-order valence-electron chi connectivity index (χ4n) is 4.11. The molecule has 0 aliphatic carbocycles. The van der Waals surface area contributed by atoms with Crippen molar-refractivity contribution < 1.29 is 22.8 Å². The van der Waals surface area contributed by atoms with Crippen LogP contribution in [0.5, 0.6) is 0 Å². The molecule has 0 bridgehead atoms. The molecule has 1 unspecified atom stereocenters. The number of anilines is 2. The molecular formula is C24H25F3N4O2S. The van der Waals surface area contributed by atoms with E-state index >= 15 is 0 Å². The van der Waals surface area contributed by atoms with Crippen molar-refractivity contribution >= 4 is 44.2 Å². The molecule has 2 amide bonds. The van der Waals surface area contributed by atoms with Gasteiger partial charge in [-0.2, -0.15) is 0 Å². The zero-order valence-electron chi connectivity index (χ0n) is 18.9. The number of aromatic nitrogens is 1. The standard InChI is InChI=1S/C24H25F3N4O2S/c1-3-29(4-2)9-10-30(24-28-22-19(27)12-17(26)13-20(22)34-24)23(33)15-11-21(32)31(14-15)18-7-5-16(25)6-8-18/h5-8,12-13,15H,3-4,9-11,14H2,1-2H3. The van der Waals surface area contributed by atoms with Gasteiger partial charge in [-0.25, -0.2) is 18.2 Å². The van der Waals surface area contributed by atoms with E-state index in [0.29, 0.717) is 23.5 Å². The Bertz CT molecular complexity index is 1200. The molecule has 2 aromatic carbocycles. The van der Waals surface area contributed by atoms with Crippen LogP contribution in [0.3, 0.4) is 0 Å². The summed E-state index contributed by atoms with van der Waals surface area (Å²) in [6.45, 7) is 6.62. The van der Waals surface area contributed by atoms with Crippen LogP contribution in [0.4, 0.5) is 24.0 Å². The van der Waals surface area contributed by atoms with Gasteiger partial charge in [0.2, 0.25) is 11.8 Å². The minimum atomic E-state index is -0.785. The summed E-state index contributed by atoms with van der Waals surface area (Å²) in [6.07, 6.45) is 0.00582. The van der Waals surface area contributed by atoms with Gasteiger partial charge in [0.25, 0.3) is 0 Å². The third-order valence-corrected chi connectivity index (χ3v) is 7.07. The number of nitrogens with zero attached hydrogens (tertiary/aromatic N) is 4. The smallest absolute Gasteiger partial charge is 0.234 e. The summed E-state index contributed by atoms with van der Waals surface area (Å²) in [4.78, 5) is 35.7. The second-order valence-electron chi connectivity index (χ2n) is 8.13. The first-order valence-electron chi connectivity index (χ1n) is 11.2. The number of halogens is 3. The molecular weight excluding hydrogens is 465 g/mol. The van der Waals surface area contributed by atoms with Gasteiger partial charge in [0.15, 0.2) is 10.9 Å². The lowest BCUT2D eigenvalue weighted by molar-refractivity contribution is -0.124. The Labute approximate surface area is 199 Å². The van der Waals surface area contributed by atoms with Crippen LogP contribution in [0.1, 0.15) is 20.3 Å². The maximum atomic E-state index is 14.3. The first kappa shape index (κ1) is 24.2. The van der Waals surface area contributed by atoms with Gasteiger partial charge in [-0.05, 0) is 43.4 Å². The number of amides is 2. The number of benzene rings is 2. The van der Waals surface area contributed by atoms with Gasteiger partial charge in [0.05, 0.1) is 10.6 Å². The average molecular weight is 491 g/mol. The van der Waals surface area contributed by atoms with Gasteiger partial charge < -0.3 is 9.80 Å². The lowest BCUT2D eigenvalue weighted by Gasteiger charge is -2.26. The normalized spacial score (nSPS) is 16.1. The first-order chi connectivity index (χ1) is 16.3. The molecule has 2 heterocycles. The largest absolute Gasteiger partial charge is 0.312 e. The topological polar surface area (TPSA) is 56.8 Å². The molecule has 3 aromatic rings. The zero-order chi connectivity index (χ0) is 24.4. The SMILES string of the molecule is CCN(CC)CCN(C(=O)C1CC(=O)N(c2ccc(F)cc2)C1)c1nc2c(F)cc(F)cc2s1.